The second-order valence-electron chi connectivity index (χ2n) is 3.32. The van der Waals surface area contributed by atoms with Gasteiger partial charge in [0.05, 0.1) is 6.20 Å². The molecular formula is C12H8BrFN2O. The van der Waals surface area contributed by atoms with Gasteiger partial charge in [0, 0.05) is 10.0 Å². The number of pyridine rings is 1. The highest BCUT2D eigenvalue weighted by Gasteiger charge is 2.06. The van der Waals surface area contributed by atoms with Crippen LogP contribution in [0.15, 0.2) is 47.1 Å². The molecule has 0 fully saturated rings. The fourth-order valence-corrected chi connectivity index (χ4v) is 1.50. The molecule has 2 rings (SSSR count). The molecule has 1 amide bonds. The Balaban J connectivity index is 2.11. The molecule has 0 saturated heterocycles. The lowest BCUT2D eigenvalue weighted by Crippen LogP contribution is -2.12. The number of rotatable bonds is 2. The molecule has 1 heterocycles. The molecule has 0 aliphatic carbocycles. The molecule has 0 bridgehead atoms. The van der Waals surface area contributed by atoms with Crippen molar-refractivity contribution in [3.8, 4) is 0 Å². The zero-order valence-corrected chi connectivity index (χ0v) is 10.2. The number of nitrogens with one attached hydrogen (secondary N) is 1. The Morgan fingerprint density at radius 1 is 1.18 bits per heavy atom. The van der Waals surface area contributed by atoms with Crippen LogP contribution >= 0.6 is 15.9 Å². The van der Waals surface area contributed by atoms with Crippen molar-refractivity contribution in [2.45, 2.75) is 0 Å². The average molecular weight is 295 g/mol. The van der Waals surface area contributed by atoms with Crippen molar-refractivity contribution in [3.63, 3.8) is 0 Å². The monoisotopic (exact) mass is 294 g/mol. The van der Waals surface area contributed by atoms with Crippen LogP contribution in [0.4, 0.5) is 10.2 Å². The zero-order chi connectivity index (χ0) is 12.3. The van der Waals surface area contributed by atoms with Gasteiger partial charge in [0.2, 0.25) is 0 Å². The van der Waals surface area contributed by atoms with Crippen LogP contribution < -0.4 is 5.32 Å². The number of hydrogen-bond donors (Lipinski definition) is 1. The highest BCUT2D eigenvalue weighted by molar-refractivity contribution is 9.10. The van der Waals surface area contributed by atoms with Crippen LogP contribution in [0, 0.1) is 5.82 Å². The van der Waals surface area contributed by atoms with E-state index in [0.717, 1.165) is 10.7 Å². The van der Waals surface area contributed by atoms with Crippen molar-refractivity contribution in [1.29, 1.82) is 0 Å². The van der Waals surface area contributed by atoms with Crippen molar-refractivity contribution in [1.82, 2.24) is 4.98 Å². The molecular weight excluding hydrogens is 287 g/mol. The Kier molecular flexibility index (Phi) is 3.49. The maximum Gasteiger partial charge on any atom is 0.256 e. The van der Waals surface area contributed by atoms with E-state index in [0.29, 0.717) is 11.4 Å². The minimum atomic E-state index is -0.438. The van der Waals surface area contributed by atoms with E-state index in [1.165, 1.54) is 12.1 Å². The van der Waals surface area contributed by atoms with Gasteiger partial charge in [-0.25, -0.2) is 9.37 Å². The Morgan fingerprint density at radius 2 is 1.88 bits per heavy atom. The molecule has 1 aromatic heterocycles. The van der Waals surface area contributed by atoms with Crippen molar-refractivity contribution in [2.24, 2.45) is 0 Å². The largest absolute Gasteiger partial charge is 0.307 e. The maximum atomic E-state index is 12.6. The quantitative estimate of drug-likeness (QED) is 0.924. The second kappa shape index (κ2) is 5.05. The fraction of sp³-hybridized carbons (Fsp3) is 0. The summed E-state index contributed by atoms with van der Waals surface area (Å²) in [5, 5.41) is 2.57. The first kappa shape index (κ1) is 11.7. The first-order valence-electron chi connectivity index (χ1n) is 4.83. The molecule has 2 aromatic rings. The Labute approximate surface area is 106 Å². The van der Waals surface area contributed by atoms with E-state index in [1.807, 2.05) is 0 Å². The van der Waals surface area contributed by atoms with Gasteiger partial charge in [0.1, 0.15) is 11.6 Å². The minimum absolute atomic E-state index is 0.281. The Morgan fingerprint density at radius 3 is 2.47 bits per heavy atom. The van der Waals surface area contributed by atoms with Gasteiger partial charge in [-0.05, 0) is 36.4 Å². The van der Waals surface area contributed by atoms with Crippen molar-refractivity contribution >= 4 is 27.7 Å². The topological polar surface area (TPSA) is 42.0 Å². The van der Waals surface area contributed by atoms with Crippen LogP contribution in [-0.4, -0.2) is 10.9 Å². The van der Waals surface area contributed by atoms with Gasteiger partial charge in [0.25, 0.3) is 5.91 Å². The van der Waals surface area contributed by atoms with Gasteiger partial charge in [-0.3, -0.25) is 4.79 Å². The summed E-state index contributed by atoms with van der Waals surface area (Å²) in [6, 6.07) is 9.56. The number of carbonyl (C=O) groups is 1. The molecule has 0 radical (unpaired) electrons. The predicted molar refractivity (Wildman–Crippen MR) is 66.3 cm³/mol. The summed E-state index contributed by atoms with van der Waals surface area (Å²) in [5.74, 6) is -0.400. The molecule has 0 spiro atoms. The molecule has 3 nitrogen and oxygen atoms in total. The summed E-state index contributed by atoms with van der Waals surface area (Å²) in [4.78, 5) is 15.5. The molecule has 1 aromatic carbocycles. The summed E-state index contributed by atoms with van der Waals surface area (Å²) in [6.45, 7) is 0. The van der Waals surface area contributed by atoms with Crippen LogP contribution in [0.1, 0.15) is 10.4 Å². The van der Waals surface area contributed by atoms with E-state index in [4.69, 9.17) is 0 Å². The van der Waals surface area contributed by atoms with E-state index in [9.17, 15) is 9.18 Å². The number of nitrogens with zero attached hydrogens (tertiary/aromatic N) is 1. The van der Waals surface area contributed by atoms with Crippen LogP contribution in [0.25, 0.3) is 0 Å². The average Bonchev–Trinajstić information content (AvgIpc) is 2.33. The lowest BCUT2D eigenvalue weighted by Gasteiger charge is -2.04. The molecule has 0 aliphatic rings. The normalized spacial score (nSPS) is 10.0. The summed E-state index contributed by atoms with van der Waals surface area (Å²) in [7, 11) is 0. The van der Waals surface area contributed by atoms with Gasteiger partial charge in [-0.15, -0.1) is 0 Å². The van der Waals surface area contributed by atoms with Gasteiger partial charge in [-0.2, -0.15) is 0 Å². The van der Waals surface area contributed by atoms with Crippen LogP contribution in [0.2, 0.25) is 0 Å². The fourth-order valence-electron chi connectivity index (χ4n) is 1.24. The first-order chi connectivity index (χ1) is 8.15. The van der Waals surface area contributed by atoms with E-state index in [1.54, 1.807) is 24.3 Å². The van der Waals surface area contributed by atoms with Crippen LogP contribution in [-0.2, 0) is 0 Å². The third-order valence-corrected chi connectivity index (χ3v) is 2.60. The van der Waals surface area contributed by atoms with Crippen LogP contribution in [0.5, 0.6) is 0 Å². The molecule has 1 N–H and O–H groups in total. The summed E-state index contributed by atoms with van der Waals surface area (Å²) >= 11 is 3.28. The second-order valence-corrected chi connectivity index (χ2v) is 4.24. The zero-order valence-electron chi connectivity index (χ0n) is 8.65. The van der Waals surface area contributed by atoms with E-state index >= 15 is 0 Å². The molecule has 0 aliphatic heterocycles. The van der Waals surface area contributed by atoms with Crippen molar-refractivity contribution in [3.05, 3.63) is 58.4 Å². The lowest BCUT2D eigenvalue weighted by molar-refractivity contribution is 0.102. The standard InChI is InChI=1S/C12H8BrFN2O/c13-9-3-1-8(2-4-9)12(17)16-11-6-5-10(14)7-15-11/h1-7H,(H,15,16,17). The number of aromatic nitrogens is 1. The highest BCUT2D eigenvalue weighted by Crippen LogP contribution is 2.12. The lowest BCUT2D eigenvalue weighted by atomic mass is 10.2. The van der Waals surface area contributed by atoms with E-state index in [2.05, 4.69) is 26.2 Å². The van der Waals surface area contributed by atoms with E-state index in [-0.39, 0.29) is 5.91 Å². The number of benzene rings is 1. The Hall–Kier alpha value is -1.75. The SMILES string of the molecule is O=C(Nc1ccc(F)cn1)c1ccc(Br)cc1. The summed E-state index contributed by atoms with van der Waals surface area (Å²) in [5.41, 5.74) is 0.513. The molecule has 0 saturated carbocycles. The third kappa shape index (κ3) is 3.10. The molecule has 0 atom stereocenters. The Bertz CT molecular complexity index is 525. The molecule has 5 heteroatoms. The minimum Gasteiger partial charge on any atom is -0.307 e. The molecule has 86 valence electrons. The van der Waals surface area contributed by atoms with Crippen molar-refractivity contribution in [2.75, 3.05) is 5.32 Å². The van der Waals surface area contributed by atoms with Gasteiger partial charge >= 0.3 is 0 Å². The van der Waals surface area contributed by atoms with Crippen molar-refractivity contribution < 1.29 is 9.18 Å². The summed E-state index contributed by atoms with van der Waals surface area (Å²) in [6.07, 6.45) is 1.05. The highest BCUT2D eigenvalue weighted by atomic mass is 79.9. The number of anilines is 1. The predicted octanol–water partition coefficient (Wildman–Crippen LogP) is 3.24. The third-order valence-electron chi connectivity index (χ3n) is 2.08. The van der Waals surface area contributed by atoms with Gasteiger partial charge in [0.15, 0.2) is 0 Å². The summed E-state index contributed by atoms with van der Waals surface area (Å²) < 4.78 is 13.5. The van der Waals surface area contributed by atoms with E-state index < -0.39 is 5.82 Å². The molecule has 17 heavy (non-hydrogen) atoms. The maximum absolute atomic E-state index is 12.6. The first-order valence-corrected chi connectivity index (χ1v) is 5.63. The number of hydrogen-bond acceptors (Lipinski definition) is 2. The number of amides is 1. The molecule has 0 unspecified atom stereocenters. The number of carbonyl (C=O) groups excluding carboxylic acids is 1. The van der Waals surface area contributed by atoms with Crippen LogP contribution in [0.3, 0.4) is 0 Å². The number of halogens is 2. The van der Waals surface area contributed by atoms with Gasteiger partial charge < -0.3 is 5.32 Å². The smallest absolute Gasteiger partial charge is 0.256 e. The van der Waals surface area contributed by atoms with Gasteiger partial charge in [-0.1, -0.05) is 15.9 Å².